The monoisotopic (exact) mass is 231 g/mol. The van der Waals surface area contributed by atoms with Crippen molar-refractivity contribution >= 4 is 21.7 Å². The minimum atomic E-state index is 0.00569. The highest BCUT2D eigenvalue weighted by molar-refractivity contribution is 9.10. The molecule has 0 fully saturated rings. The molecular formula is C8H10BrNO2. The van der Waals surface area contributed by atoms with Gasteiger partial charge in [0.25, 0.3) is 0 Å². The third kappa shape index (κ3) is 2.46. The van der Waals surface area contributed by atoms with Gasteiger partial charge in [0.05, 0.1) is 0 Å². The van der Waals surface area contributed by atoms with E-state index >= 15 is 0 Å². The van der Waals surface area contributed by atoms with Crippen LogP contribution < -0.4 is 5.73 Å². The number of hydrogen-bond donors (Lipinski definition) is 1. The third-order valence-electron chi connectivity index (χ3n) is 1.46. The van der Waals surface area contributed by atoms with Crippen molar-refractivity contribution in [1.82, 2.24) is 0 Å². The number of rotatable bonds is 4. The second-order valence-electron chi connectivity index (χ2n) is 2.42. The number of halogens is 1. The van der Waals surface area contributed by atoms with E-state index in [1.807, 2.05) is 0 Å². The van der Waals surface area contributed by atoms with E-state index < -0.39 is 0 Å². The Morgan fingerprint density at radius 1 is 1.58 bits per heavy atom. The van der Waals surface area contributed by atoms with Gasteiger partial charge in [-0.3, -0.25) is 4.79 Å². The maximum Gasteiger partial charge on any atom is 0.198 e. The van der Waals surface area contributed by atoms with Gasteiger partial charge in [0.2, 0.25) is 0 Å². The van der Waals surface area contributed by atoms with Crippen molar-refractivity contribution in [1.29, 1.82) is 0 Å². The number of furan rings is 1. The van der Waals surface area contributed by atoms with Crippen molar-refractivity contribution in [2.75, 3.05) is 6.54 Å². The first kappa shape index (κ1) is 9.48. The van der Waals surface area contributed by atoms with Crippen molar-refractivity contribution in [2.45, 2.75) is 12.8 Å². The van der Waals surface area contributed by atoms with Crippen LogP contribution >= 0.6 is 15.9 Å². The van der Waals surface area contributed by atoms with Crippen LogP contribution in [0.3, 0.4) is 0 Å². The van der Waals surface area contributed by atoms with Crippen LogP contribution in [0.4, 0.5) is 0 Å². The van der Waals surface area contributed by atoms with Crippen LogP contribution in [0.1, 0.15) is 23.4 Å². The molecule has 0 spiro atoms. The first-order valence-electron chi connectivity index (χ1n) is 3.72. The zero-order chi connectivity index (χ0) is 8.97. The lowest BCUT2D eigenvalue weighted by molar-refractivity contribution is 0.0952. The molecule has 0 aliphatic rings. The topological polar surface area (TPSA) is 56.2 Å². The minimum absolute atomic E-state index is 0.00569. The molecule has 0 aliphatic heterocycles. The normalized spacial score (nSPS) is 10.2. The van der Waals surface area contributed by atoms with Gasteiger partial charge in [0.15, 0.2) is 16.2 Å². The van der Waals surface area contributed by atoms with Crippen molar-refractivity contribution in [2.24, 2.45) is 5.73 Å². The van der Waals surface area contributed by atoms with Gasteiger partial charge in [-0.15, -0.1) is 0 Å². The number of hydrogen-bond acceptors (Lipinski definition) is 3. The molecule has 4 heteroatoms. The molecule has 3 nitrogen and oxygen atoms in total. The van der Waals surface area contributed by atoms with Crippen LogP contribution in [-0.4, -0.2) is 12.3 Å². The molecule has 1 aromatic heterocycles. The fourth-order valence-corrected chi connectivity index (χ4v) is 1.16. The van der Waals surface area contributed by atoms with E-state index in [-0.39, 0.29) is 5.78 Å². The van der Waals surface area contributed by atoms with E-state index in [0.29, 0.717) is 29.8 Å². The summed E-state index contributed by atoms with van der Waals surface area (Å²) in [7, 11) is 0. The highest BCUT2D eigenvalue weighted by atomic mass is 79.9. The average Bonchev–Trinajstić information content (AvgIpc) is 2.47. The van der Waals surface area contributed by atoms with Gasteiger partial charge in [-0.05, 0) is 41.0 Å². The Labute approximate surface area is 79.1 Å². The lowest BCUT2D eigenvalue weighted by Crippen LogP contribution is -2.03. The molecular weight excluding hydrogens is 222 g/mol. The minimum Gasteiger partial charge on any atom is -0.446 e. The summed E-state index contributed by atoms with van der Waals surface area (Å²) >= 11 is 3.13. The molecule has 0 saturated carbocycles. The second kappa shape index (κ2) is 4.42. The number of carbonyl (C=O) groups is 1. The van der Waals surface area contributed by atoms with E-state index in [9.17, 15) is 4.79 Å². The van der Waals surface area contributed by atoms with Gasteiger partial charge in [0.1, 0.15) is 0 Å². The smallest absolute Gasteiger partial charge is 0.198 e. The van der Waals surface area contributed by atoms with Crippen molar-refractivity contribution in [3.8, 4) is 0 Å². The third-order valence-corrected chi connectivity index (χ3v) is 1.88. The van der Waals surface area contributed by atoms with Crippen LogP contribution in [0.15, 0.2) is 21.2 Å². The largest absolute Gasteiger partial charge is 0.446 e. The van der Waals surface area contributed by atoms with Gasteiger partial charge < -0.3 is 10.2 Å². The van der Waals surface area contributed by atoms with Crippen LogP contribution in [0.5, 0.6) is 0 Å². The lowest BCUT2D eigenvalue weighted by Gasteiger charge is -1.93. The number of nitrogens with two attached hydrogens (primary N) is 1. The standard InChI is InChI=1S/C8H10BrNO2/c9-8-4-3-7(12-8)6(11)2-1-5-10/h3-4H,1-2,5,10H2. The molecule has 0 aliphatic carbocycles. The Kier molecular flexibility index (Phi) is 3.49. The second-order valence-corrected chi connectivity index (χ2v) is 3.20. The molecule has 0 bridgehead atoms. The van der Waals surface area contributed by atoms with Crippen molar-refractivity contribution in [3.05, 3.63) is 22.6 Å². The first-order chi connectivity index (χ1) is 5.74. The molecule has 0 radical (unpaired) electrons. The Balaban J connectivity index is 2.53. The number of carbonyl (C=O) groups excluding carboxylic acids is 1. The summed E-state index contributed by atoms with van der Waals surface area (Å²) in [5.74, 6) is 0.404. The number of Topliss-reactive ketones (excluding diaryl/α,β-unsaturated/α-hetero) is 1. The summed E-state index contributed by atoms with van der Waals surface area (Å²) in [5.41, 5.74) is 5.27. The highest BCUT2D eigenvalue weighted by Crippen LogP contribution is 2.15. The van der Waals surface area contributed by atoms with Crippen LogP contribution in [0.25, 0.3) is 0 Å². The van der Waals surface area contributed by atoms with E-state index in [2.05, 4.69) is 15.9 Å². The zero-order valence-corrected chi connectivity index (χ0v) is 8.13. The molecule has 0 amide bonds. The summed E-state index contributed by atoms with van der Waals surface area (Å²) in [6.07, 6.45) is 1.16. The fourth-order valence-electron chi connectivity index (χ4n) is 0.850. The Morgan fingerprint density at radius 2 is 2.33 bits per heavy atom. The molecule has 0 aromatic carbocycles. The highest BCUT2D eigenvalue weighted by Gasteiger charge is 2.08. The van der Waals surface area contributed by atoms with Crippen molar-refractivity contribution in [3.63, 3.8) is 0 Å². The van der Waals surface area contributed by atoms with Gasteiger partial charge in [-0.1, -0.05) is 0 Å². The zero-order valence-electron chi connectivity index (χ0n) is 6.55. The van der Waals surface area contributed by atoms with Gasteiger partial charge in [0, 0.05) is 6.42 Å². The molecule has 0 saturated heterocycles. The maximum absolute atomic E-state index is 11.2. The predicted octanol–water partition coefficient (Wildman–Crippen LogP) is 1.96. The summed E-state index contributed by atoms with van der Waals surface area (Å²) in [6.45, 7) is 0.535. The molecule has 1 rings (SSSR count). The first-order valence-corrected chi connectivity index (χ1v) is 4.52. The summed E-state index contributed by atoms with van der Waals surface area (Å²) in [4.78, 5) is 11.2. The van der Waals surface area contributed by atoms with Gasteiger partial charge in [-0.2, -0.15) is 0 Å². The quantitative estimate of drug-likeness (QED) is 0.807. The Hall–Kier alpha value is -0.610. The van der Waals surface area contributed by atoms with Crippen LogP contribution in [-0.2, 0) is 0 Å². The lowest BCUT2D eigenvalue weighted by atomic mass is 10.2. The summed E-state index contributed by atoms with van der Waals surface area (Å²) in [5, 5.41) is 0. The van der Waals surface area contributed by atoms with E-state index in [1.165, 1.54) is 0 Å². The summed E-state index contributed by atoms with van der Waals surface area (Å²) in [6, 6.07) is 3.36. The van der Waals surface area contributed by atoms with Gasteiger partial charge in [-0.25, -0.2) is 0 Å². The Morgan fingerprint density at radius 3 is 2.83 bits per heavy atom. The molecule has 0 unspecified atom stereocenters. The molecule has 1 aromatic rings. The Bertz CT molecular complexity index is 270. The van der Waals surface area contributed by atoms with E-state index in [4.69, 9.17) is 10.2 Å². The van der Waals surface area contributed by atoms with E-state index in [0.717, 1.165) is 0 Å². The average molecular weight is 232 g/mol. The van der Waals surface area contributed by atoms with Gasteiger partial charge >= 0.3 is 0 Å². The maximum atomic E-state index is 11.2. The molecule has 66 valence electrons. The van der Waals surface area contributed by atoms with Crippen molar-refractivity contribution < 1.29 is 9.21 Å². The molecule has 2 N–H and O–H groups in total. The predicted molar refractivity (Wildman–Crippen MR) is 49.0 cm³/mol. The molecule has 12 heavy (non-hydrogen) atoms. The van der Waals surface area contributed by atoms with Crippen LogP contribution in [0.2, 0.25) is 0 Å². The molecule has 1 heterocycles. The fraction of sp³-hybridized carbons (Fsp3) is 0.375. The van der Waals surface area contributed by atoms with Crippen LogP contribution in [0, 0.1) is 0 Å². The molecule has 0 atom stereocenters. The number of ketones is 1. The summed E-state index contributed by atoms with van der Waals surface area (Å²) < 4.78 is 5.65. The SMILES string of the molecule is NCCCC(=O)c1ccc(Br)o1. The van der Waals surface area contributed by atoms with E-state index in [1.54, 1.807) is 12.1 Å².